The van der Waals surface area contributed by atoms with Crippen molar-refractivity contribution >= 4 is 23.9 Å². The topological polar surface area (TPSA) is 113 Å². The van der Waals surface area contributed by atoms with Gasteiger partial charge in [-0.2, -0.15) is 0 Å². The Labute approximate surface area is 128 Å². The lowest BCUT2D eigenvalue weighted by molar-refractivity contribution is -0.159. The highest BCUT2D eigenvalue weighted by atomic mass is 16.6. The predicted octanol–water partition coefficient (Wildman–Crippen LogP) is 0.668. The SMILES string of the molecule is C/C(=C/C(=O)O)C(=O)N1C(=O)[C@@H](NC(=O)OC(C)(C)C)[C@@H]1C. The highest BCUT2D eigenvalue weighted by molar-refractivity contribution is 6.11. The lowest BCUT2D eigenvalue weighted by atomic mass is 9.95. The Balaban J connectivity index is 2.70. The van der Waals surface area contributed by atoms with Crippen LogP contribution in [0.1, 0.15) is 34.6 Å². The number of carbonyl (C=O) groups is 4. The normalized spacial score (nSPS) is 22.0. The maximum atomic E-state index is 12.0. The van der Waals surface area contributed by atoms with Crippen LogP contribution in [0.25, 0.3) is 0 Å². The number of nitrogens with one attached hydrogen (secondary N) is 1. The highest BCUT2D eigenvalue weighted by Crippen LogP contribution is 2.22. The fourth-order valence-corrected chi connectivity index (χ4v) is 1.96. The second-order valence-electron chi connectivity index (χ2n) is 6.04. The molecule has 8 heteroatoms. The van der Waals surface area contributed by atoms with E-state index in [1.807, 2.05) is 0 Å². The highest BCUT2D eigenvalue weighted by Gasteiger charge is 2.49. The summed E-state index contributed by atoms with van der Waals surface area (Å²) in [4.78, 5) is 47.0. The molecule has 0 aromatic rings. The van der Waals surface area contributed by atoms with E-state index in [1.165, 1.54) is 6.92 Å². The lowest BCUT2D eigenvalue weighted by Gasteiger charge is -2.43. The van der Waals surface area contributed by atoms with E-state index in [2.05, 4.69) is 5.32 Å². The monoisotopic (exact) mass is 312 g/mol. The van der Waals surface area contributed by atoms with Gasteiger partial charge < -0.3 is 15.2 Å². The number of carboxylic acids is 1. The summed E-state index contributed by atoms with van der Waals surface area (Å²) in [5, 5.41) is 11.0. The zero-order valence-electron chi connectivity index (χ0n) is 13.2. The summed E-state index contributed by atoms with van der Waals surface area (Å²) in [7, 11) is 0. The number of hydrogen-bond acceptors (Lipinski definition) is 5. The Hall–Kier alpha value is -2.38. The largest absolute Gasteiger partial charge is 0.478 e. The maximum Gasteiger partial charge on any atom is 0.408 e. The van der Waals surface area contributed by atoms with Crippen LogP contribution in [0.5, 0.6) is 0 Å². The molecule has 8 nitrogen and oxygen atoms in total. The van der Waals surface area contributed by atoms with Crippen LogP contribution in [-0.4, -0.2) is 51.6 Å². The van der Waals surface area contributed by atoms with Gasteiger partial charge in [-0.1, -0.05) is 0 Å². The third-order valence-electron chi connectivity index (χ3n) is 2.96. The molecular weight excluding hydrogens is 292 g/mol. The van der Waals surface area contributed by atoms with Gasteiger partial charge in [0.15, 0.2) is 0 Å². The summed E-state index contributed by atoms with van der Waals surface area (Å²) in [6.45, 7) is 7.96. The van der Waals surface area contributed by atoms with Crippen LogP contribution in [0, 0.1) is 0 Å². The van der Waals surface area contributed by atoms with Gasteiger partial charge in [0.25, 0.3) is 11.8 Å². The molecule has 3 amide bonds. The van der Waals surface area contributed by atoms with Gasteiger partial charge in [-0.15, -0.1) is 0 Å². The van der Waals surface area contributed by atoms with Gasteiger partial charge in [-0.05, 0) is 34.6 Å². The molecule has 22 heavy (non-hydrogen) atoms. The zero-order valence-corrected chi connectivity index (χ0v) is 13.2. The molecule has 2 atom stereocenters. The van der Waals surface area contributed by atoms with Crippen LogP contribution >= 0.6 is 0 Å². The number of alkyl carbamates (subject to hydrolysis) is 1. The number of carbonyl (C=O) groups excluding carboxylic acids is 3. The zero-order chi connectivity index (χ0) is 17.2. The number of likely N-dealkylation sites (tertiary alicyclic amines) is 1. The van der Waals surface area contributed by atoms with E-state index in [9.17, 15) is 19.2 Å². The predicted molar refractivity (Wildman–Crippen MR) is 75.9 cm³/mol. The van der Waals surface area contributed by atoms with Gasteiger partial charge >= 0.3 is 12.1 Å². The smallest absolute Gasteiger partial charge is 0.408 e. The van der Waals surface area contributed by atoms with E-state index >= 15 is 0 Å². The molecule has 1 aliphatic rings. The van der Waals surface area contributed by atoms with Crippen molar-refractivity contribution in [3.8, 4) is 0 Å². The van der Waals surface area contributed by atoms with Crippen molar-refractivity contribution in [2.45, 2.75) is 52.3 Å². The molecule has 0 saturated carbocycles. The van der Waals surface area contributed by atoms with E-state index in [0.717, 1.165) is 11.0 Å². The van der Waals surface area contributed by atoms with E-state index in [1.54, 1.807) is 27.7 Å². The van der Waals surface area contributed by atoms with Crippen LogP contribution in [0.2, 0.25) is 0 Å². The number of ether oxygens (including phenoxy) is 1. The minimum Gasteiger partial charge on any atom is -0.478 e. The second-order valence-corrected chi connectivity index (χ2v) is 6.04. The van der Waals surface area contributed by atoms with E-state index in [4.69, 9.17) is 9.84 Å². The lowest BCUT2D eigenvalue weighted by Crippen LogP contribution is -2.71. The summed E-state index contributed by atoms with van der Waals surface area (Å²) >= 11 is 0. The number of aliphatic carboxylic acids is 1. The minimum absolute atomic E-state index is 0.0663. The van der Waals surface area contributed by atoms with E-state index in [-0.39, 0.29) is 5.57 Å². The third-order valence-corrected chi connectivity index (χ3v) is 2.96. The van der Waals surface area contributed by atoms with Gasteiger partial charge in [0.05, 0.1) is 6.04 Å². The molecule has 1 fully saturated rings. The quantitative estimate of drug-likeness (QED) is 0.585. The molecule has 1 heterocycles. The summed E-state index contributed by atoms with van der Waals surface area (Å²) in [5.74, 6) is -2.56. The summed E-state index contributed by atoms with van der Waals surface area (Å²) in [6.07, 6.45) is -0.0145. The van der Waals surface area contributed by atoms with Gasteiger partial charge in [-0.3, -0.25) is 14.5 Å². The molecule has 2 N–H and O–H groups in total. The summed E-state index contributed by atoms with van der Waals surface area (Å²) < 4.78 is 5.04. The van der Waals surface area contributed by atoms with Crippen molar-refractivity contribution in [1.82, 2.24) is 10.2 Å². The number of carboxylic acid groups (broad SMARTS) is 1. The second kappa shape index (κ2) is 6.17. The Morgan fingerprint density at radius 3 is 2.27 bits per heavy atom. The Morgan fingerprint density at radius 1 is 1.32 bits per heavy atom. The van der Waals surface area contributed by atoms with Crippen molar-refractivity contribution in [2.24, 2.45) is 0 Å². The average molecular weight is 312 g/mol. The number of hydrogen-bond donors (Lipinski definition) is 2. The fourth-order valence-electron chi connectivity index (χ4n) is 1.96. The first-order valence-electron chi connectivity index (χ1n) is 6.72. The Bertz CT molecular complexity index is 546. The van der Waals surface area contributed by atoms with Gasteiger partial charge in [-0.25, -0.2) is 9.59 Å². The molecule has 1 rings (SSSR count). The van der Waals surface area contributed by atoms with Gasteiger partial charge in [0, 0.05) is 11.6 Å². The standard InChI is InChI=1S/C14H20N2O6/c1-7(6-9(17)18)11(19)16-8(2)10(12(16)20)15-13(21)22-14(3,4)5/h6,8,10H,1-5H3,(H,15,21)(H,17,18)/b7-6-/t8-,10-/m0/s1. The number of imide groups is 1. The summed E-state index contributed by atoms with van der Waals surface area (Å²) in [6, 6.07) is -1.44. The number of nitrogens with zero attached hydrogens (tertiary/aromatic N) is 1. The molecule has 0 radical (unpaired) electrons. The number of rotatable bonds is 3. The minimum atomic E-state index is -1.27. The number of amides is 3. The third kappa shape index (κ3) is 4.06. The van der Waals surface area contributed by atoms with Crippen LogP contribution in [0.4, 0.5) is 4.79 Å². The van der Waals surface area contributed by atoms with Crippen molar-refractivity contribution in [1.29, 1.82) is 0 Å². The fraction of sp³-hybridized carbons (Fsp3) is 0.571. The van der Waals surface area contributed by atoms with Crippen molar-refractivity contribution in [3.63, 3.8) is 0 Å². The molecule has 122 valence electrons. The van der Waals surface area contributed by atoms with Crippen LogP contribution in [0.3, 0.4) is 0 Å². The summed E-state index contributed by atoms with van der Waals surface area (Å²) in [5.41, 5.74) is -0.764. The van der Waals surface area contributed by atoms with Crippen LogP contribution in [-0.2, 0) is 19.1 Å². The first kappa shape index (κ1) is 17.7. The first-order valence-corrected chi connectivity index (χ1v) is 6.72. The molecule has 0 unspecified atom stereocenters. The molecular formula is C14H20N2O6. The van der Waals surface area contributed by atoms with Crippen LogP contribution < -0.4 is 5.32 Å². The molecule has 1 aliphatic heterocycles. The van der Waals surface area contributed by atoms with E-state index in [0.29, 0.717) is 0 Å². The van der Waals surface area contributed by atoms with Crippen molar-refractivity contribution in [2.75, 3.05) is 0 Å². The maximum absolute atomic E-state index is 12.0. The average Bonchev–Trinajstić information content (AvgIpc) is 2.33. The van der Waals surface area contributed by atoms with Crippen molar-refractivity contribution in [3.05, 3.63) is 11.6 Å². The van der Waals surface area contributed by atoms with Gasteiger partial charge in [0.1, 0.15) is 11.6 Å². The Morgan fingerprint density at radius 2 is 1.86 bits per heavy atom. The molecule has 0 aromatic carbocycles. The molecule has 0 aromatic heterocycles. The van der Waals surface area contributed by atoms with Crippen molar-refractivity contribution < 1.29 is 29.0 Å². The Kier molecular flexibility index (Phi) is 4.95. The number of β-lactam (4-membered cyclic amide) rings is 1. The molecule has 1 saturated heterocycles. The van der Waals surface area contributed by atoms with E-state index < -0.39 is 41.6 Å². The van der Waals surface area contributed by atoms with Crippen LogP contribution in [0.15, 0.2) is 11.6 Å². The molecule has 0 spiro atoms. The first-order chi connectivity index (χ1) is 9.94. The molecule has 0 bridgehead atoms. The van der Waals surface area contributed by atoms with Gasteiger partial charge in [0.2, 0.25) is 0 Å². The molecule has 0 aliphatic carbocycles.